The van der Waals surface area contributed by atoms with Crippen LogP contribution in [-0.2, 0) is 14.4 Å². The number of imide groups is 1. The van der Waals surface area contributed by atoms with Crippen LogP contribution in [0.25, 0.3) is 11.4 Å². The number of aromatic nitrogens is 2. The van der Waals surface area contributed by atoms with Gasteiger partial charge < -0.3 is 9.94 Å². The first-order valence-electron chi connectivity index (χ1n) is 7.19. The van der Waals surface area contributed by atoms with Crippen molar-refractivity contribution < 1.29 is 29.1 Å². The molecule has 9 heteroatoms. The van der Waals surface area contributed by atoms with E-state index in [0.29, 0.717) is 5.06 Å². The van der Waals surface area contributed by atoms with Gasteiger partial charge in [-0.05, 0) is 24.3 Å². The van der Waals surface area contributed by atoms with E-state index in [9.17, 15) is 19.2 Å². The summed E-state index contributed by atoms with van der Waals surface area (Å²) in [5, 5.41) is 9.47. The summed E-state index contributed by atoms with van der Waals surface area (Å²) in [7, 11) is 0. The number of hydroxylamine groups is 2. The van der Waals surface area contributed by atoms with Gasteiger partial charge in [0.25, 0.3) is 11.8 Å². The van der Waals surface area contributed by atoms with Crippen molar-refractivity contribution in [1.29, 1.82) is 0 Å². The Morgan fingerprint density at radius 1 is 0.960 bits per heavy atom. The van der Waals surface area contributed by atoms with Crippen LogP contribution < -0.4 is 0 Å². The fourth-order valence-electron chi connectivity index (χ4n) is 2.19. The molecule has 0 unspecified atom stereocenters. The van der Waals surface area contributed by atoms with Crippen LogP contribution in [0.4, 0.5) is 0 Å². The van der Waals surface area contributed by atoms with E-state index < -0.39 is 23.8 Å². The number of aromatic carboxylic acids is 1. The van der Waals surface area contributed by atoms with Crippen molar-refractivity contribution in [1.82, 2.24) is 15.0 Å². The molecule has 1 saturated heterocycles. The Hall–Kier alpha value is -3.62. The number of carboxylic acid groups (broad SMARTS) is 1. The van der Waals surface area contributed by atoms with Crippen molar-refractivity contribution in [2.24, 2.45) is 0 Å². The van der Waals surface area contributed by atoms with Crippen molar-refractivity contribution in [3.05, 3.63) is 47.8 Å². The molecule has 1 N–H and O–H groups in total. The van der Waals surface area contributed by atoms with Gasteiger partial charge in [0.15, 0.2) is 0 Å². The fraction of sp³-hybridized carbons (Fsp3) is 0.125. The van der Waals surface area contributed by atoms with Gasteiger partial charge >= 0.3 is 11.9 Å². The number of hydrogen-bond donors (Lipinski definition) is 1. The highest BCUT2D eigenvalue weighted by atomic mass is 16.7. The third-order valence-corrected chi connectivity index (χ3v) is 3.44. The molecule has 1 aliphatic rings. The van der Waals surface area contributed by atoms with Gasteiger partial charge in [-0.3, -0.25) is 19.6 Å². The zero-order valence-electron chi connectivity index (χ0n) is 12.7. The van der Waals surface area contributed by atoms with Crippen LogP contribution >= 0.6 is 0 Å². The minimum absolute atomic E-state index is 0.000388. The zero-order chi connectivity index (χ0) is 18.0. The normalized spacial score (nSPS) is 13.8. The molecule has 2 amide bonds. The van der Waals surface area contributed by atoms with Gasteiger partial charge in [-0.25, -0.2) is 9.59 Å². The van der Waals surface area contributed by atoms with E-state index in [1.165, 1.54) is 36.7 Å². The maximum atomic E-state index is 12.1. The lowest BCUT2D eigenvalue weighted by atomic mass is 10.1. The number of nitrogens with zero attached hydrogens (tertiary/aromatic N) is 3. The molecule has 2 aromatic rings. The van der Waals surface area contributed by atoms with Gasteiger partial charge in [0, 0.05) is 25.2 Å². The Bertz CT molecular complexity index is 879. The molecule has 126 valence electrons. The van der Waals surface area contributed by atoms with Crippen molar-refractivity contribution in [3.8, 4) is 11.4 Å². The van der Waals surface area contributed by atoms with Crippen LogP contribution in [0, 0.1) is 0 Å². The molecule has 0 atom stereocenters. The minimum Gasteiger partial charge on any atom is -0.478 e. The third kappa shape index (κ3) is 3.34. The van der Waals surface area contributed by atoms with Gasteiger partial charge in [0.2, 0.25) is 0 Å². The summed E-state index contributed by atoms with van der Waals surface area (Å²) in [5.74, 6) is -3.18. The molecule has 0 aliphatic carbocycles. The lowest BCUT2D eigenvalue weighted by Gasteiger charge is -2.12. The van der Waals surface area contributed by atoms with Crippen molar-refractivity contribution >= 4 is 23.8 Å². The Kier molecular flexibility index (Phi) is 4.21. The molecule has 1 aliphatic heterocycles. The molecule has 25 heavy (non-hydrogen) atoms. The van der Waals surface area contributed by atoms with Crippen LogP contribution in [0.3, 0.4) is 0 Å². The molecule has 0 saturated carbocycles. The second kappa shape index (κ2) is 6.48. The van der Waals surface area contributed by atoms with E-state index in [4.69, 9.17) is 9.94 Å². The Labute approximate surface area is 140 Å². The lowest BCUT2D eigenvalue weighted by molar-refractivity contribution is -0.172. The highest BCUT2D eigenvalue weighted by molar-refractivity contribution is 6.02. The highest BCUT2D eigenvalue weighted by Crippen LogP contribution is 2.19. The van der Waals surface area contributed by atoms with Crippen molar-refractivity contribution in [3.63, 3.8) is 0 Å². The molecular weight excluding hydrogens is 330 g/mol. The van der Waals surface area contributed by atoms with E-state index in [1.54, 1.807) is 0 Å². The largest absolute Gasteiger partial charge is 0.478 e. The number of pyridine rings is 2. The Balaban J connectivity index is 1.85. The van der Waals surface area contributed by atoms with Gasteiger partial charge in [-0.15, -0.1) is 5.06 Å². The van der Waals surface area contributed by atoms with Crippen LogP contribution in [0.5, 0.6) is 0 Å². The SMILES string of the molecule is O=C(O)c1ccnc(-c2cc(C(=O)ON3C(=O)CCC3=O)ccn2)c1. The minimum atomic E-state index is -1.12. The summed E-state index contributed by atoms with van der Waals surface area (Å²) in [5.41, 5.74) is 0.563. The summed E-state index contributed by atoms with van der Waals surface area (Å²) in [6.07, 6.45) is 2.63. The van der Waals surface area contributed by atoms with Crippen molar-refractivity contribution in [2.45, 2.75) is 12.8 Å². The van der Waals surface area contributed by atoms with E-state index in [0.717, 1.165) is 0 Å². The van der Waals surface area contributed by atoms with E-state index >= 15 is 0 Å². The molecule has 0 radical (unpaired) electrons. The molecule has 1 fully saturated rings. The summed E-state index contributed by atoms with van der Waals surface area (Å²) in [6, 6.07) is 5.32. The second-order valence-electron chi connectivity index (χ2n) is 5.13. The standard InChI is InChI=1S/C16H11N3O6/c20-13-1-2-14(21)19(13)25-16(24)10-4-6-18-12(8-10)11-7-9(15(22)23)3-5-17-11/h3-8H,1-2H2,(H,22,23). The van der Waals surface area contributed by atoms with Crippen LogP contribution in [0.15, 0.2) is 36.7 Å². The summed E-state index contributed by atoms with van der Waals surface area (Å²) < 4.78 is 0. The average Bonchev–Trinajstić information content (AvgIpc) is 2.94. The molecule has 3 rings (SSSR count). The van der Waals surface area contributed by atoms with Crippen LogP contribution in [0.2, 0.25) is 0 Å². The molecule has 0 bridgehead atoms. The molecule has 2 aromatic heterocycles. The summed E-state index contributed by atoms with van der Waals surface area (Å²) >= 11 is 0. The van der Waals surface area contributed by atoms with Gasteiger partial charge in [0.1, 0.15) is 0 Å². The maximum absolute atomic E-state index is 12.1. The van der Waals surface area contributed by atoms with E-state index in [-0.39, 0.29) is 35.4 Å². The lowest BCUT2D eigenvalue weighted by Crippen LogP contribution is -2.32. The van der Waals surface area contributed by atoms with Gasteiger partial charge in [0.05, 0.1) is 22.5 Å². The summed E-state index contributed by atoms with van der Waals surface area (Å²) in [6.45, 7) is 0. The molecule has 0 aromatic carbocycles. The fourth-order valence-corrected chi connectivity index (χ4v) is 2.19. The third-order valence-electron chi connectivity index (χ3n) is 3.44. The predicted octanol–water partition coefficient (Wildman–Crippen LogP) is 1.06. The first-order chi connectivity index (χ1) is 12.0. The van der Waals surface area contributed by atoms with E-state index in [1.807, 2.05) is 0 Å². The number of carboxylic acids is 1. The van der Waals surface area contributed by atoms with Gasteiger partial charge in [-0.1, -0.05) is 0 Å². The molecular formula is C16H11N3O6. The van der Waals surface area contributed by atoms with Crippen molar-refractivity contribution in [2.75, 3.05) is 0 Å². The quantitative estimate of drug-likeness (QED) is 0.818. The molecule has 3 heterocycles. The first-order valence-corrected chi connectivity index (χ1v) is 7.19. The molecule has 9 nitrogen and oxygen atoms in total. The average molecular weight is 341 g/mol. The second-order valence-corrected chi connectivity index (χ2v) is 5.13. The topological polar surface area (TPSA) is 127 Å². The number of carbonyl (C=O) groups excluding carboxylic acids is 3. The highest BCUT2D eigenvalue weighted by Gasteiger charge is 2.33. The van der Waals surface area contributed by atoms with Gasteiger partial charge in [-0.2, -0.15) is 0 Å². The van der Waals surface area contributed by atoms with Crippen LogP contribution in [-0.4, -0.2) is 43.9 Å². The number of carbonyl (C=O) groups is 4. The monoisotopic (exact) mass is 341 g/mol. The first kappa shape index (κ1) is 16.2. The Morgan fingerprint density at radius 3 is 2.04 bits per heavy atom. The van der Waals surface area contributed by atoms with Crippen LogP contribution in [0.1, 0.15) is 33.6 Å². The predicted molar refractivity (Wildman–Crippen MR) is 80.9 cm³/mol. The number of amides is 2. The number of rotatable bonds is 4. The Morgan fingerprint density at radius 2 is 1.48 bits per heavy atom. The maximum Gasteiger partial charge on any atom is 0.364 e. The number of hydrogen-bond acceptors (Lipinski definition) is 7. The summed E-state index contributed by atoms with van der Waals surface area (Å²) in [4.78, 5) is 59.0. The van der Waals surface area contributed by atoms with E-state index in [2.05, 4.69) is 9.97 Å². The smallest absolute Gasteiger partial charge is 0.364 e. The molecule has 0 spiro atoms. The zero-order valence-corrected chi connectivity index (χ0v) is 12.7.